The van der Waals surface area contributed by atoms with E-state index in [1.165, 1.54) is 30.5 Å². The third-order valence-electron chi connectivity index (χ3n) is 3.46. The molecule has 0 aromatic heterocycles. The molecule has 2 rings (SSSR count). The molecule has 0 saturated heterocycles. The Kier molecular flexibility index (Phi) is 2.96. The number of rotatable bonds is 3. The van der Waals surface area contributed by atoms with Crippen LogP contribution in [0.15, 0.2) is 24.3 Å². The third kappa shape index (κ3) is 1.63. The SMILES string of the molecule is CCCC1C(CC)c2ccccc2N1N. The molecular formula is C13H20N2. The maximum Gasteiger partial charge on any atom is 0.0556 e. The van der Waals surface area contributed by atoms with Crippen LogP contribution in [0.4, 0.5) is 5.69 Å². The monoisotopic (exact) mass is 204 g/mol. The number of para-hydroxylation sites is 1. The van der Waals surface area contributed by atoms with Gasteiger partial charge in [0, 0.05) is 5.92 Å². The van der Waals surface area contributed by atoms with Gasteiger partial charge < -0.3 is 5.01 Å². The van der Waals surface area contributed by atoms with Crippen LogP contribution in [0.2, 0.25) is 0 Å². The summed E-state index contributed by atoms with van der Waals surface area (Å²) in [5.41, 5.74) is 2.66. The minimum Gasteiger partial charge on any atom is -0.307 e. The number of nitrogens with two attached hydrogens (primary N) is 1. The first-order chi connectivity index (χ1) is 7.29. The molecule has 1 aliphatic heterocycles. The molecular weight excluding hydrogens is 184 g/mol. The molecule has 82 valence electrons. The van der Waals surface area contributed by atoms with Gasteiger partial charge in [0.25, 0.3) is 0 Å². The van der Waals surface area contributed by atoms with Crippen LogP contribution in [0.3, 0.4) is 0 Å². The van der Waals surface area contributed by atoms with Crippen LogP contribution in [0.25, 0.3) is 0 Å². The van der Waals surface area contributed by atoms with Gasteiger partial charge in [-0.3, -0.25) is 0 Å². The van der Waals surface area contributed by atoms with E-state index < -0.39 is 0 Å². The number of fused-ring (bicyclic) bond motifs is 1. The van der Waals surface area contributed by atoms with E-state index in [1.54, 1.807) is 0 Å². The average Bonchev–Trinajstić information content (AvgIpc) is 2.54. The molecule has 0 saturated carbocycles. The fraction of sp³-hybridized carbons (Fsp3) is 0.538. The second-order valence-corrected chi connectivity index (χ2v) is 4.34. The van der Waals surface area contributed by atoms with Gasteiger partial charge in [0.05, 0.1) is 11.7 Å². The summed E-state index contributed by atoms with van der Waals surface area (Å²) in [4.78, 5) is 0. The van der Waals surface area contributed by atoms with Gasteiger partial charge in [0.2, 0.25) is 0 Å². The van der Waals surface area contributed by atoms with E-state index in [9.17, 15) is 0 Å². The van der Waals surface area contributed by atoms with Gasteiger partial charge in [0.15, 0.2) is 0 Å². The van der Waals surface area contributed by atoms with E-state index in [0.717, 1.165) is 0 Å². The predicted octanol–water partition coefficient (Wildman–Crippen LogP) is 3.04. The topological polar surface area (TPSA) is 29.3 Å². The molecule has 2 unspecified atom stereocenters. The minimum atomic E-state index is 0.498. The van der Waals surface area contributed by atoms with Crippen molar-refractivity contribution in [2.75, 3.05) is 5.01 Å². The molecule has 0 amide bonds. The third-order valence-corrected chi connectivity index (χ3v) is 3.46. The van der Waals surface area contributed by atoms with Crippen molar-refractivity contribution >= 4 is 5.69 Å². The fourth-order valence-corrected chi connectivity index (χ4v) is 2.74. The van der Waals surface area contributed by atoms with E-state index in [-0.39, 0.29) is 0 Å². The number of benzene rings is 1. The van der Waals surface area contributed by atoms with Crippen molar-refractivity contribution < 1.29 is 0 Å². The highest BCUT2D eigenvalue weighted by atomic mass is 15.4. The minimum absolute atomic E-state index is 0.498. The zero-order valence-electron chi connectivity index (χ0n) is 9.61. The number of hydrogen-bond donors (Lipinski definition) is 1. The van der Waals surface area contributed by atoms with Crippen molar-refractivity contribution in [3.05, 3.63) is 29.8 Å². The van der Waals surface area contributed by atoms with Crippen LogP contribution in [0.5, 0.6) is 0 Å². The lowest BCUT2D eigenvalue weighted by Crippen LogP contribution is -2.39. The van der Waals surface area contributed by atoms with Crippen LogP contribution in [-0.4, -0.2) is 6.04 Å². The van der Waals surface area contributed by atoms with E-state index in [4.69, 9.17) is 5.84 Å². The Balaban J connectivity index is 2.35. The highest BCUT2D eigenvalue weighted by Gasteiger charge is 2.34. The summed E-state index contributed by atoms with van der Waals surface area (Å²) < 4.78 is 0. The standard InChI is InChI=1S/C13H20N2/c1-3-7-12-10(4-2)11-8-5-6-9-13(11)15(12)14/h5-6,8-10,12H,3-4,7,14H2,1-2H3. The van der Waals surface area contributed by atoms with Gasteiger partial charge in [-0.25, -0.2) is 5.84 Å². The van der Waals surface area contributed by atoms with E-state index >= 15 is 0 Å². The Bertz CT molecular complexity index is 335. The Morgan fingerprint density at radius 2 is 2.00 bits per heavy atom. The first-order valence-electron chi connectivity index (χ1n) is 5.92. The first-order valence-corrected chi connectivity index (χ1v) is 5.92. The Morgan fingerprint density at radius 3 is 2.67 bits per heavy atom. The van der Waals surface area contributed by atoms with Crippen molar-refractivity contribution in [3.8, 4) is 0 Å². The largest absolute Gasteiger partial charge is 0.307 e. The lowest BCUT2D eigenvalue weighted by atomic mass is 9.90. The predicted molar refractivity (Wildman–Crippen MR) is 64.8 cm³/mol. The highest BCUT2D eigenvalue weighted by Crippen LogP contribution is 2.42. The van der Waals surface area contributed by atoms with Gasteiger partial charge in [0.1, 0.15) is 0 Å². The summed E-state index contributed by atoms with van der Waals surface area (Å²) in [6, 6.07) is 9.04. The molecule has 1 heterocycles. The lowest BCUT2D eigenvalue weighted by molar-refractivity contribution is 0.482. The van der Waals surface area contributed by atoms with Gasteiger partial charge in [-0.2, -0.15) is 0 Å². The van der Waals surface area contributed by atoms with Crippen LogP contribution < -0.4 is 10.9 Å². The van der Waals surface area contributed by atoms with Crippen molar-refractivity contribution in [1.29, 1.82) is 0 Å². The van der Waals surface area contributed by atoms with Gasteiger partial charge >= 0.3 is 0 Å². The quantitative estimate of drug-likeness (QED) is 0.767. The molecule has 0 radical (unpaired) electrons. The van der Waals surface area contributed by atoms with Crippen molar-refractivity contribution in [3.63, 3.8) is 0 Å². The van der Waals surface area contributed by atoms with Crippen molar-refractivity contribution in [2.45, 2.75) is 45.1 Å². The molecule has 1 aromatic rings. The summed E-state index contributed by atoms with van der Waals surface area (Å²) in [6.45, 7) is 4.48. The second kappa shape index (κ2) is 4.23. The van der Waals surface area contributed by atoms with Gasteiger partial charge in [-0.15, -0.1) is 0 Å². The lowest BCUT2D eigenvalue weighted by Gasteiger charge is -2.25. The van der Waals surface area contributed by atoms with Crippen LogP contribution in [0, 0.1) is 0 Å². The summed E-state index contributed by atoms with van der Waals surface area (Å²) in [6.07, 6.45) is 3.56. The first kappa shape index (κ1) is 10.5. The Hall–Kier alpha value is -1.02. The molecule has 15 heavy (non-hydrogen) atoms. The number of nitrogens with zero attached hydrogens (tertiary/aromatic N) is 1. The van der Waals surface area contributed by atoms with Crippen LogP contribution in [-0.2, 0) is 0 Å². The summed E-state index contributed by atoms with van der Waals surface area (Å²) in [5, 5.41) is 1.98. The zero-order chi connectivity index (χ0) is 10.8. The normalized spacial score (nSPS) is 24.3. The van der Waals surface area contributed by atoms with Crippen LogP contribution in [0.1, 0.15) is 44.6 Å². The number of hydrogen-bond acceptors (Lipinski definition) is 2. The summed E-state index contributed by atoms with van der Waals surface area (Å²) in [5.74, 6) is 6.79. The molecule has 0 spiro atoms. The number of anilines is 1. The Labute approximate surface area is 92.1 Å². The molecule has 0 bridgehead atoms. The zero-order valence-corrected chi connectivity index (χ0v) is 9.61. The molecule has 2 N–H and O–H groups in total. The van der Waals surface area contributed by atoms with Crippen molar-refractivity contribution in [2.24, 2.45) is 5.84 Å². The molecule has 0 aliphatic carbocycles. The maximum atomic E-state index is 6.18. The Morgan fingerprint density at radius 1 is 1.27 bits per heavy atom. The van der Waals surface area contributed by atoms with E-state index in [2.05, 4.69) is 38.1 Å². The molecule has 2 heteroatoms. The number of hydrazine groups is 1. The van der Waals surface area contributed by atoms with Crippen molar-refractivity contribution in [1.82, 2.24) is 0 Å². The van der Waals surface area contributed by atoms with Gasteiger partial charge in [-0.05, 0) is 24.5 Å². The fourth-order valence-electron chi connectivity index (χ4n) is 2.74. The second-order valence-electron chi connectivity index (χ2n) is 4.34. The van der Waals surface area contributed by atoms with Crippen LogP contribution >= 0.6 is 0 Å². The smallest absolute Gasteiger partial charge is 0.0556 e. The molecule has 2 nitrogen and oxygen atoms in total. The highest BCUT2D eigenvalue weighted by molar-refractivity contribution is 5.60. The maximum absolute atomic E-state index is 6.18. The van der Waals surface area contributed by atoms with E-state index in [0.29, 0.717) is 12.0 Å². The van der Waals surface area contributed by atoms with E-state index in [1.807, 2.05) is 5.01 Å². The molecule has 1 aromatic carbocycles. The molecule has 2 atom stereocenters. The summed E-state index contributed by atoms with van der Waals surface area (Å²) in [7, 11) is 0. The van der Waals surface area contributed by atoms with Gasteiger partial charge in [-0.1, -0.05) is 38.5 Å². The summed E-state index contributed by atoms with van der Waals surface area (Å²) >= 11 is 0. The molecule has 0 fully saturated rings. The molecule has 1 aliphatic rings. The average molecular weight is 204 g/mol.